The Balaban J connectivity index is 1.53. The Hall–Kier alpha value is -3.61. The van der Waals surface area contributed by atoms with Crippen molar-refractivity contribution in [1.82, 2.24) is 24.7 Å². The number of nitrogens with zero attached hydrogens (tertiary/aromatic N) is 5. The average molecular weight is 384 g/mol. The van der Waals surface area contributed by atoms with E-state index in [4.69, 9.17) is 4.98 Å². The summed E-state index contributed by atoms with van der Waals surface area (Å²) >= 11 is 0. The molecule has 1 aromatic carbocycles. The zero-order chi connectivity index (χ0) is 19.8. The Labute approximate surface area is 167 Å². The van der Waals surface area contributed by atoms with Gasteiger partial charge in [0.1, 0.15) is 12.7 Å². The fourth-order valence-corrected chi connectivity index (χ4v) is 3.91. The summed E-state index contributed by atoms with van der Waals surface area (Å²) in [5.41, 5.74) is 5.51. The predicted molar refractivity (Wildman–Crippen MR) is 110 cm³/mol. The van der Waals surface area contributed by atoms with Crippen LogP contribution in [0.4, 0.5) is 5.69 Å². The van der Waals surface area contributed by atoms with Gasteiger partial charge in [-0.2, -0.15) is 5.10 Å². The summed E-state index contributed by atoms with van der Waals surface area (Å²) in [6, 6.07) is 9.72. The summed E-state index contributed by atoms with van der Waals surface area (Å²) in [4.78, 5) is 26.5. The molecule has 3 aromatic heterocycles. The van der Waals surface area contributed by atoms with E-state index in [0.29, 0.717) is 11.5 Å². The largest absolute Gasteiger partial charge is 0.321 e. The van der Waals surface area contributed by atoms with Gasteiger partial charge in [-0.3, -0.25) is 9.78 Å². The number of aromatic nitrogens is 5. The Kier molecular flexibility index (Phi) is 4.27. The summed E-state index contributed by atoms with van der Waals surface area (Å²) in [5.74, 6) is 0.527. The van der Waals surface area contributed by atoms with E-state index in [0.717, 1.165) is 59.0 Å². The molecule has 7 heteroatoms. The van der Waals surface area contributed by atoms with E-state index in [1.165, 1.54) is 6.33 Å². The lowest BCUT2D eigenvalue weighted by Gasteiger charge is -2.20. The second kappa shape index (κ2) is 7.09. The molecule has 0 fully saturated rings. The quantitative estimate of drug-likeness (QED) is 0.583. The summed E-state index contributed by atoms with van der Waals surface area (Å²) in [6.45, 7) is 2.04. The maximum absolute atomic E-state index is 13.3. The fraction of sp³-hybridized carbons (Fsp3) is 0.227. The molecule has 1 amide bonds. The lowest BCUT2D eigenvalue weighted by Crippen LogP contribution is -2.19. The number of nitrogens with one attached hydrogen (secondary N) is 1. The minimum Gasteiger partial charge on any atom is -0.321 e. The van der Waals surface area contributed by atoms with E-state index in [1.807, 2.05) is 25.1 Å². The molecular formula is C22H20N6O. The maximum Gasteiger partial charge on any atom is 0.256 e. The molecule has 0 unspecified atom stereocenters. The maximum atomic E-state index is 13.3. The highest BCUT2D eigenvalue weighted by atomic mass is 16.1. The highest BCUT2D eigenvalue weighted by Crippen LogP contribution is 2.30. The molecule has 7 nitrogen and oxygen atoms in total. The number of anilines is 1. The first kappa shape index (κ1) is 17.5. The molecule has 3 heterocycles. The van der Waals surface area contributed by atoms with Gasteiger partial charge in [0.05, 0.1) is 23.0 Å². The van der Waals surface area contributed by atoms with Crippen LogP contribution in [0.15, 0.2) is 49.2 Å². The number of hydrogen-bond acceptors (Lipinski definition) is 5. The molecule has 1 N–H and O–H groups in total. The highest BCUT2D eigenvalue weighted by Gasteiger charge is 2.23. The van der Waals surface area contributed by atoms with Crippen LogP contribution in [0.1, 0.15) is 40.0 Å². The molecule has 0 saturated carbocycles. The van der Waals surface area contributed by atoms with Crippen LogP contribution in [0.3, 0.4) is 0 Å². The Morgan fingerprint density at radius 3 is 2.83 bits per heavy atom. The molecule has 0 saturated heterocycles. The molecule has 4 aromatic rings. The SMILES string of the molecule is Cc1ccc2nc3c(c(C(=O)Nc4ccc(-n5cncn5)nc4)c2c1)CCCC3. The third-order valence-electron chi connectivity index (χ3n) is 5.30. The third kappa shape index (κ3) is 3.24. The van der Waals surface area contributed by atoms with Crippen LogP contribution in [0.2, 0.25) is 0 Å². The van der Waals surface area contributed by atoms with Crippen molar-refractivity contribution in [2.45, 2.75) is 32.6 Å². The molecule has 0 atom stereocenters. The van der Waals surface area contributed by atoms with Crippen LogP contribution in [0.25, 0.3) is 16.7 Å². The van der Waals surface area contributed by atoms with Gasteiger partial charge in [0.2, 0.25) is 0 Å². The van der Waals surface area contributed by atoms with Gasteiger partial charge in [-0.15, -0.1) is 0 Å². The molecule has 0 aliphatic heterocycles. The first-order chi connectivity index (χ1) is 14.2. The fourth-order valence-electron chi connectivity index (χ4n) is 3.91. The van der Waals surface area contributed by atoms with E-state index in [9.17, 15) is 4.79 Å². The van der Waals surface area contributed by atoms with Gasteiger partial charge < -0.3 is 5.32 Å². The number of carbonyl (C=O) groups is 1. The first-order valence-electron chi connectivity index (χ1n) is 9.73. The summed E-state index contributed by atoms with van der Waals surface area (Å²) in [7, 11) is 0. The molecule has 144 valence electrons. The molecule has 0 bridgehead atoms. The molecule has 0 spiro atoms. The highest BCUT2D eigenvalue weighted by molar-refractivity contribution is 6.13. The second-order valence-electron chi connectivity index (χ2n) is 7.34. The summed E-state index contributed by atoms with van der Waals surface area (Å²) < 4.78 is 1.57. The topological polar surface area (TPSA) is 85.6 Å². The van der Waals surface area contributed by atoms with Gasteiger partial charge in [0, 0.05) is 11.1 Å². The van der Waals surface area contributed by atoms with Gasteiger partial charge in [-0.25, -0.2) is 14.6 Å². The monoisotopic (exact) mass is 384 g/mol. The summed E-state index contributed by atoms with van der Waals surface area (Å²) in [6.07, 6.45) is 8.68. The van der Waals surface area contributed by atoms with Gasteiger partial charge in [0.25, 0.3) is 5.91 Å². The van der Waals surface area contributed by atoms with Gasteiger partial charge in [-0.1, -0.05) is 11.6 Å². The van der Waals surface area contributed by atoms with Crippen LogP contribution in [0.5, 0.6) is 0 Å². The number of hydrogen-bond donors (Lipinski definition) is 1. The zero-order valence-corrected chi connectivity index (χ0v) is 16.1. The van der Waals surface area contributed by atoms with E-state index >= 15 is 0 Å². The van der Waals surface area contributed by atoms with Crippen molar-refractivity contribution < 1.29 is 4.79 Å². The number of aryl methyl sites for hydroxylation is 2. The number of amides is 1. The number of pyridine rings is 2. The third-order valence-corrected chi connectivity index (χ3v) is 5.30. The summed E-state index contributed by atoms with van der Waals surface area (Å²) in [5, 5.41) is 7.99. The van der Waals surface area contributed by atoms with E-state index in [1.54, 1.807) is 23.3 Å². The minimum atomic E-state index is -0.114. The lowest BCUT2D eigenvalue weighted by molar-refractivity contribution is 0.102. The second-order valence-corrected chi connectivity index (χ2v) is 7.34. The molecular weight excluding hydrogens is 364 g/mol. The molecule has 1 aliphatic rings. The van der Waals surface area contributed by atoms with E-state index in [-0.39, 0.29) is 5.91 Å². The van der Waals surface area contributed by atoms with Crippen molar-refractivity contribution in [3.05, 3.63) is 71.6 Å². The molecule has 1 aliphatic carbocycles. The number of fused-ring (bicyclic) bond motifs is 2. The smallest absolute Gasteiger partial charge is 0.256 e. The van der Waals surface area contributed by atoms with Crippen LogP contribution < -0.4 is 5.32 Å². The Morgan fingerprint density at radius 1 is 1.14 bits per heavy atom. The van der Waals surface area contributed by atoms with Crippen LogP contribution in [-0.4, -0.2) is 30.6 Å². The zero-order valence-electron chi connectivity index (χ0n) is 16.1. The van der Waals surface area contributed by atoms with Crippen LogP contribution in [0, 0.1) is 6.92 Å². The van der Waals surface area contributed by atoms with E-state index in [2.05, 4.69) is 26.4 Å². The van der Waals surface area contributed by atoms with Crippen molar-refractivity contribution in [2.75, 3.05) is 5.32 Å². The first-order valence-corrected chi connectivity index (χ1v) is 9.73. The van der Waals surface area contributed by atoms with Crippen molar-refractivity contribution in [3.8, 4) is 5.82 Å². The predicted octanol–water partition coefficient (Wildman–Crippen LogP) is 3.65. The molecule has 29 heavy (non-hydrogen) atoms. The van der Waals surface area contributed by atoms with Crippen molar-refractivity contribution in [2.24, 2.45) is 0 Å². The molecule has 0 radical (unpaired) electrons. The number of carbonyl (C=O) groups excluding carboxylic acids is 1. The minimum absolute atomic E-state index is 0.114. The standard InChI is InChI=1S/C22H20N6O/c1-14-6-8-19-17(10-14)21(16-4-2-3-5-18(16)27-19)22(29)26-15-7-9-20(24-11-15)28-13-23-12-25-28/h6-13H,2-5H2,1H3,(H,26,29). The Bertz CT molecular complexity index is 1200. The lowest BCUT2D eigenvalue weighted by atomic mass is 9.89. The van der Waals surface area contributed by atoms with Crippen LogP contribution >= 0.6 is 0 Å². The van der Waals surface area contributed by atoms with Crippen molar-refractivity contribution in [1.29, 1.82) is 0 Å². The van der Waals surface area contributed by atoms with E-state index < -0.39 is 0 Å². The van der Waals surface area contributed by atoms with Crippen molar-refractivity contribution in [3.63, 3.8) is 0 Å². The number of benzene rings is 1. The van der Waals surface area contributed by atoms with Crippen molar-refractivity contribution >= 4 is 22.5 Å². The van der Waals surface area contributed by atoms with Gasteiger partial charge in [-0.05, 0) is 62.4 Å². The van der Waals surface area contributed by atoms with Crippen LogP contribution in [-0.2, 0) is 12.8 Å². The number of rotatable bonds is 3. The Morgan fingerprint density at radius 2 is 2.03 bits per heavy atom. The van der Waals surface area contributed by atoms with Gasteiger partial charge in [0.15, 0.2) is 5.82 Å². The molecule has 5 rings (SSSR count). The van der Waals surface area contributed by atoms with Gasteiger partial charge >= 0.3 is 0 Å². The normalized spacial score (nSPS) is 13.3. The average Bonchev–Trinajstić information content (AvgIpc) is 3.27.